The first-order valence-electron chi connectivity index (χ1n) is 4.24. The molecule has 0 aliphatic carbocycles. The molecule has 0 unspecified atom stereocenters. The number of aromatic nitrogens is 1. The summed E-state index contributed by atoms with van der Waals surface area (Å²) in [5, 5.41) is 0. The average molecular weight is 238 g/mol. The fourth-order valence-electron chi connectivity index (χ4n) is 1.14. The highest BCUT2D eigenvalue weighted by atomic mass is 19.4. The Morgan fingerprint density at radius 2 is 2.25 bits per heavy atom. The van der Waals surface area contributed by atoms with Gasteiger partial charge >= 0.3 is 6.18 Å². The van der Waals surface area contributed by atoms with Gasteiger partial charge in [0.15, 0.2) is 12.4 Å². The van der Waals surface area contributed by atoms with E-state index < -0.39 is 24.5 Å². The van der Waals surface area contributed by atoms with Gasteiger partial charge in [0.25, 0.3) is 5.88 Å². The van der Waals surface area contributed by atoms with Gasteiger partial charge in [-0.25, -0.2) is 4.39 Å². The van der Waals surface area contributed by atoms with Crippen molar-refractivity contribution in [2.24, 2.45) is 0 Å². The third-order valence-corrected chi connectivity index (χ3v) is 1.79. The molecule has 0 atom stereocenters. The van der Waals surface area contributed by atoms with E-state index in [-0.39, 0.29) is 12.4 Å². The molecule has 0 fully saturated rings. The number of nitrogens with zero attached hydrogens (tertiary/aromatic N) is 1. The summed E-state index contributed by atoms with van der Waals surface area (Å²) >= 11 is 0. The molecule has 1 aliphatic heterocycles. The lowest BCUT2D eigenvalue weighted by molar-refractivity contribution is -0.154. The summed E-state index contributed by atoms with van der Waals surface area (Å²) in [6, 6.07) is 1.02. The third-order valence-electron chi connectivity index (χ3n) is 1.79. The Morgan fingerprint density at radius 3 is 2.94 bits per heavy atom. The maximum atomic E-state index is 13.2. The Hall–Kier alpha value is -1.57. The number of hydrogen-bond acceptors (Lipinski definition) is 4. The first-order chi connectivity index (χ1) is 7.46. The number of pyridine rings is 1. The van der Waals surface area contributed by atoms with Crippen LogP contribution in [0.3, 0.4) is 0 Å². The van der Waals surface area contributed by atoms with Crippen molar-refractivity contribution in [3.8, 4) is 11.8 Å². The number of ether oxygens (including phenoxy) is 1. The molecule has 1 aromatic heterocycles. The number of hydroxylamine groups is 1. The van der Waals surface area contributed by atoms with Crippen LogP contribution in [-0.4, -0.2) is 17.8 Å². The molecule has 0 saturated heterocycles. The molecule has 8 heteroatoms. The molecular formula is C8H6F4N2O2. The maximum Gasteiger partial charge on any atom is 0.422 e. The van der Waals surface area contributed by atoms with Crippen LogP contribution in [0.25, 0.3) is 0 Å². The fourth-order valence-corrected chi connectivity index (χ4v) is 1.14. The van der Waals surface area contributed by atoms with Gasteiger partial charge in [0.05, 0.1) is 6.54 Å². The van der Waals surface area contributed by atoms with Gasteiger partial charge in [0.1, 0.15) is 0 Å². The Kier molecular flexibility index (Phi) is 2.58. The van der Waals surface area contributed by atoms with Crippen LogP contribution in [0.4, 0.5) is 17.6 Å². The van der Waals surface area contributed by atoms with Gasteiger partial charge in [-0.2, -0.15) is 23.6 Å². The van der Waals surface area contributed by atoms with Crippen LogP contribution in [0.2, 0.25) is 0 Å². The SMILES string of the molecule is Fc1cc2c(nc1OCC(F)(F)F)ONC2. The summed E-state index contributed by atoms with van der Waals surface area (Å²) in [5.74, 6) is -1.64. The lowest BCUT2D eigenvalue weighted by Crippen LogP contribution is -2.20. The number of alkyl halides is 3. The molecule has 88 valence electrons. The molecule has 0 saturated carbocycles. The number of rotatable bonds is 2. The zero-order valence-corrected chi connectivity index (χ0v) is 7.77. The van der Waals surface area contributed by atoms with Crippen LogP contribution >= 0.6 is 0 Å². The summed E-state index contributed by atoms with van der Waals surface area (Å²) in [6.45, 7) is -1.35. The average Bonchev–Trinajstić information content (AvgIpc) is 2.59. The third kappa shape index (κ3) is 2.32. The van der Waals surface area contributed by atoms with Gasteiger partial charge in [0.2, 0.25) is 5.88 Å². The molecule has 2 heterocycles. The minimum absolute atomic E-state index is 0.0265. The summed E-state index contributed by atoms with van der Waals surface area (Å²) in [7, 11) is 0. The number of nitrogens with one attached hydrogen (secondary N) is 1. The second-order valence-corrected chi connectivity index (χ2v) is 3.07. The van der Waals surface area contributed by atoms with Crippen LogP contribution in [0.5, 0.6) is 11.8 Å². The van der Waals surface area contributed by atoms with Crippen LogP contribution in [0.1, 0.15) is 5.56 Å². The largest absolute Gasteiger partial charge is 0.466 e. The molecule has 1 aromatic rings. The summed E-state index contributed by atoms with van der Waals surface area (Å²) in [4.78, 5) is 8.21. The lowest BCUT2D eigenvalue weighted by atomic mass is 10.3. The molecule has 0 radical (unpaired) electrons. The number of halogens is 4. The standard InChI is InChI=1S/C8H6F4N2O2/c9-5-1-4-2-13-16-6(4)14-7(5)15-3-8(10,11)12/h1,13H,2-3H2. The van der Waals surface area contributed by atoms with Crippen LogP contribution in [0.15, 0.2) is 6.07 Å². The monoisotopic (exact) mass is 238 g/mol. The fraction of sp³-hybridized carbons (Fsp3) is 0.375. The van der Waals surface area contributed by atoms with Crippen molar-refractivity contribution in [3.63, 3.8) is 0 Å². The van der Waals surface area contributed by atoms with Crippen molar-refractivity contribution < 1.29 is 27.1 Å². The Labute approximate surface area is 87.1 Å². The smallest absolute Gasteiger partial charge is 0.422 e. The van der Waals surface area contributed by atoms with Crippen LogP contribution in [-0.2, 0) is 6.54 Å². The predicted molar refractivity (Wildman–Crippen MR) is 43.2 cm³/mol. The van der Waals surface area contributed by atoms with Gasteiger partial charge in [-0.3, -0.25) is 0 Å². The van der Waals surface area contributed by atoms with E-state index in [2.05, 4.69) is 15.2 Å². The van der Waals surface area contributed by atoms with E-state index in [0.29, 0.717) is 5.56 Å². The first kappa shape index (κ1) is 10.9. The Bertz CT molecular complexity index is 408. The van der Waals surface area contributed by atoms with Crippen molar-refractivity contribution in [1.82, 2.24) is 10.5 Å². The normalized spacial score (nSPS) is 14.5. The van der Waals surface area contributed by atoms with Crippen molar-refractivity contribution in [3.05, 3.63) is 17.4 Å². The van der Waals surface area contributed by atoms with E-state index in [9.17, 15) is 17.6 Å². The predicted octanol–water partition coefficient (Wildman–Crippen LogP) is 1.56. The van der Waals surface area contributed by atoms with E-state index in [1.807, 2.05) is 0 Å². The van der Waals surface area contributed by atoms with Gasteiger partial charge in [-0.15, -0.1) is 0 Å². The maximum absolute atomic E-state index is 13.2. The van der Waals surface area contributed by atoms with E-state index in [4.69, 9.17) is 4.84 Å². The van der Waals surface area contributed by atoms with Crippen molar-refractivity contribution >= 4 is 0 Å². The van der Waals surface area contributed by atoms with E-state index in [1.54, 1.807) is 0 Å². The van der Waals surface area contributed by atoms with Gasteiger partial charge in [-0.05, 0) is 6.07 Å². The van der Waals surface area contributed by atoms with E-state index in [1.165, 1.54) is 0 Å². The molecule has 0 bridgehead atoms. The van der Waals surface area contributed by atoms with Gasteiger partial charge < -0.3 is 9.57 Å². The number of fused-ring (bicyclic) bond motifs is 1. The van der Waals surface area contributed by atoms with Gasteiger partial charge in [0, 0.05) is 5.56 Å². The molecule has 1 aliphatic rings. The molecule has 4 nitrogen and oxygen atoms in total. The second kappa shape index (κ2) is 3.78. The Balaban J connectivity index is 2.16. The van der Waals surface area contributed by atoms with Crippen molar-refractivity contribution in [2.45, 2.75) is 12.7 Å². The molecule has 16 heavy (non-hydrogen) atoms. The highest BCUT2D eigenvalue weighted by molar-refractivity contribution is 5.33. The molecule has 2 rings (SSSR count). The molecule has 1 N–H and O–H groups in total. The summed E-state index contributed by atoms with van der Waals surface area (Å²) in [6.07, 6.45) is -4.54. The zero-order valence-electron chi connectivity index (χ0n) is 7.77. The zero-order chi connectivity index (χ0) is 11.8. The van der Waals surface area contributed by atoms with E-state index >= 15 is 0 Å². The number of hydrogen-bond donors (Lipinski definition) is 1. The second-order valence-electron chi connectivity index (χ2n) is 3.07. The minimum Gasteiger partial charge on any atom is -0.466 e. The molecular weight excluding hydrogens is 232 g/mol. The topological polar surface area (TPSA) is 43.4 Å². The van der Waals surface area contributed by atoms with Crippen molar-refractivity contribution in [1.29, 1.82) is 0 Å². The Morgan fingerprint density at radius 1 is 1.50 bits per heavy atom. The van der Waals surface area contributed by atoms with E-state index in [0.717, 1.165) is 6.07 Å². The summed E-state index contributed by atoms with van der Waals surface area (Å²) in [5.41, 5.74) is 2.84. The lowest BCUT2D eigenvalue weighted by Gasteiger charge is -2.09. The molecule has 0 spiro atoms. The van der Waals surface area contributed by atoms with Gasteiger partial charge in [-0.1, -0.05) is 0 Å². The van der Waals surface area contributed by atoms with Crippen LogP contribution < -0.4 is 15.1 Å². The minimum atomic E-state index is -4.54. The van der Waals surface area contributed by atoms with Crippen molar-refractivity contribution in [2.75, 3.05) is 6.61 Å². The summed E-state index contributed by atoms with van der Waals surface area (Å²) < 4.78 is 52.9. The highest BCUT2D eigenvalue weighted by Gasteiger charge is 2.30. The van der Waals surface area contributed by atoms with Crippen LogP contribution in [0, 0.1) is 5.82 Å². The first-order valence-corrected chi connectivity index (χ1v) is 4.24. The molecule has 0 aromatic carbocycles. The highest BCUT2D eigenvalue weighted by Crippen LogP contribution is 2.27. The molecule has 0 amide bonds. The quantitative estimate of drug-likeness (QED) is 0.794.